The number of nitrogens with one attached hydrogen (secondary N) is 1. The summed E-state index contributed by atoms with van der Waals surface area (Å²) in [6.07, 6.45) is 0. The van der Waals surface area contributed by atoms with Gasteiger partial charge in [0.25, 0.3) is 0 Å². The van der Waals surface area contributed by atoms with Gasteiger partial charge in [-0.15, -0.1) is 0 Å². The second-order valence-electron chi connectivity index (χ2n) is 5.95. The Labute approximate surface area is 108 Å². The number of nitrogens with zero attached hydrogens (tertiary/aromatic N) is 2. The zero-order valence-corrected chi connectivity index (χ0v) is 11.0. The van der Waals surface area contributed by atoms with E-state index in [0.29, 0.717) is 5.92 Å². The number of fused-ring (bicyclic) bond motifs is 1. The van der Waals surface area contributed by atoms with Crippen LogP contribution in [0.3, 0.4) is 0 Å². The van der Waals surface area contributed by atoms with Gasteiger partial charge in [0.2, 0.25) is 0 Å². The van der Waals surface area contributed by atoms with Gasteiger partial charge in [-0.1, -0.05) is 6.07 Å². The van der Waals surface area contributed by atoms with Gasteiger partial charge in [-0.3, -0.25) is 0 Å². The molecule has 0 aliphatic carbocycles. The summed E-state index contributed by atoms with van der Waals surface area (Å²) in [5.74, 6) is 1.45. The molecule has 0 radical (unpaired) electrons. The van der Waals surface area contributed by atoms with E-state index in [9.17, 15) is 0 Å². The summed E-state index contributed by atoms with van der Waals surface area (Å²) in [5, 5.41) is 12.5. The Balaban J connectivity index is 1.95. The fourth-order valence-electron chi connectivity index (χ4n) is 3.60. The topological polar surface area (TPSA) is 39.1 Å². The van der Waals surface area contributed by atoms with Crippen molar-refractivity contribution >= 4 is 5.69 Å². The molecule has 3 nitrogen and oxygen atoms in total. The fraction of sp³-hybridized carbons (Fsp3) is 0.533. The van der Waals surface area contributed by atoms with Crippen LogP contribution >= 0.6 is 0 Å². The summed E-state index contributed by atoms with van der Waals surface area (Å²) in [6.45, 7) is 7.99. The third kappa shape index (κ3) is 1.60. The minimum Gasteiger partial charge on any atom is -0.366 e. The van der Waals surface area contributed by atoms with E-state index >= 15 is 0 Å². The van der Waals surface area contributed by atoms with Crippen LogP contribution in [0.15, 0.2) is 24.3 Å². The van der Waals surface area contributed by atoms with Crippen LogP contribution in [0.2, 0.25) is 0 Å². The Morgan fingerprint density at radius 2 is 2.22 bits per heavy atom. The van der Waals surface area contributed by atoms with Crippen LogP contribution in [-0.2, 0) is 0 Å². The van der Waals surface area contributed by atoms with Gasteiger partial charge in [0.05, 0.1) is 11.6 Å². The third-order valence-electron chi connectivity index (χ3n) is 4.65. The van der Waals surface area contributed by atoms with Crippen molar-refractivity contribution in [2.45, 2.75) is 19.4 Å². The molecule has 3 heteroatoms. The summed E-state index contributed by atoms with van der Waals surface area (Å²) in [6, 6.07) is 10.2. The molecule has 1 aromatic rings. The maximum Gasteiger partial charge on any atom is 0.0992 e. The average Bonchev–Trinajstić information content (AvgIpc) is 2.92. The van der Waals surface area contributed by atoms with Crippen molar-refractivity contribution < 1.29 is 0 Å². The van der Waals surface area contributed by atoms with Gasteiger partial charge in [-0.05, 0) is 43.9 Å². The SMILES string of the molecule is CC1(C)C2CNCC2CN1c1cccc(C#N)c1. The fourth-order valence-corrected chi connectivity index (χ4v) is 3.60. The molecule has 3 rings (SSSR count). The quantitative estimate of drug-likeness (QED) is 0.817. The number of hydrogen-bond acceptors (Lipinski definition) is 3. The van der Waals surface area contributed by atoms with Crippen LogP contribution in [0.4, 0.5) is 5.69 Å². The van der Waals surface area contributed by atoms with E-state index in [0.717, 1.165) is 31.1 Å². The summed E-state index contributed by atoms with van der Waals surface area (Å²) >= 11 is 0. The van der Waals surface area contributed by atoms with Crippen molar-refractivity contribution in [3.8, 4) is 6.07 Å². The van der Waals surface area contributed by atoms with E-state index in [4.69, 9.17) is 5.26 Å². The first-order chi connectivity index (χ1) is 8.63. The molecular formula is C15H19N3. The molecule has 2 aliphatic heterocycles. The molecule has 1 N–H and O–H groups in total. The lowest BCUT2D eigenvalue weighted by atomic mass is 9.84. The largest absolute Gasteiger partial charge is 0.366 e. The molecule has 0 bridgehead atoms. The minimum atomic E-state index is 0.169. The van der Waals surface area contributed by atoms with E-state index in [2.05, 4.69) is 36.2 Å². The van der Waals surface area contributed by atoms with Crippen molar-refractivity contribution in [1.29, 1.82) is 5.26 Å². The Morgan fingerprint density at radius 1 is 1.39 bits per heavy atom. The second kappa shape index (κ2) is 4.00. The van der Waals surface area contributed by atoms with Crippen LogP contribution in [0.5, 0.6) is 0 Å². The van der Waals surface area contributed by atoms with E-state index < -0.39 is 0 Å². The highest BCUT2D eigenvalue weighted by molar-refractivity contribution is 5.55. The number of hydrogen-bond donors (Lipinski definition) is 1. The first-order valence-corrected chi connectivity index (χ1v) is 6.61. The smallest absolute Gasteiger partial charge is 0.0992 e. The molecule has 1 aromatic carbocycles. The predicted molar refractivity (Wildman–Crippen MR) is 72.4 cm³/mol. The van der Waals surface area contributed by atoms with Crippen LogP contribution in [0.25, 0.3) is 0 Å². The summed E-state index contributed by atoms with van der Waals surface area (Å²) in [4.78, 5) is 2.48. The number of anilines is 1. The molecule has 18 heavy (non-hydrogen) atoms. The third-order valence-corrected chi connectivity index (χ3v) is 4.65. The number of benzene rings is 1. The predicted octanol–water partition coefficient (Wildman–Crippen LogP) is 1.99. The number of rotatable bonds is 1. The number of nitriles is 1. The van der Waals surface area contributed by atoms with E-state index in [1.54, 1.807) is 0 Å². The molecular weight excluding hydrogens is 222 g/mol. The molecule has 2 heterocycles. The van der Waals surface area contributed by atoms with Crippen LogP contribution in [0, 0.1) is 23.2 Å². The Hall–Kier alpha value is -1.53. The van der Waals surface area contributed by atoms with Crippen molar-refractivity contribution in [3.63, 3.8) is 0 Å². The van der Waals surface area contributed by atoms with Crippen LogP contribution in [-0.4, -0.2) is 25.2 Å². The molecule has 2 aliphatic rings. The zero-order chi connectivity index (χ0) is 12.8. The van der Waals surface area contributed by atoms with Gasteiger partial charge < -0.3 is 10.2 Å². The molecule has 0 amide bonds. The first kappa shape index (κ1) is 11.6. The highest BCUT2D eigenvalue weighted by atomic mass is 15.3. The normalized spacial score (nSPS) is 29.1. The lowest BCUT2D eigenvalue weighted by Crippen LogP contribution is -2.44. The Morgan fingerprint density at radius 3 is 2.94 bits per heavy atom. The van der Waals surface area contributed by atoms with Crippen LogP contribution in [0.1, 0.15) is 19.4 Å². The lowest BCUT2D eigenvalue weighted by molar-refractivity contribution is 0.357. The van der Waals surface area contributed by atoms with Gasteiger partial charge in [0, 0.05) is 30.9 Å². The molecule has 2 atom stereocenters. The summed E-state index contributed by atoms with van der Waals surface area (Å²) in [7, 11) is 0. The molecule has 0 aromatic heterocycles. The maximum atomic E-state index is 9.02. The van der Waals surface area contributed by atoms with Crippen LogP contribution < -0.4 is 10.2 Å². The maximum absolute atomic E-state index is 9.02. The van der Waals surface area contributed by atoms with Gasteiger partial charge in [-0.2, -0.15) is 5.26 Å². The summed E-state index contributed by atoms with van der Waals surface area (Å²) in [5.41, 5.74) is 2.11. The Bertz CT molecular complexity index is 501. The van der Waals surface area contributed by atoms with E-state index in [-0.39, 0.29) is 5.54 Å². The van der Waals surface area contributed by atoms with Gasteiger partial charge >= 0.3 is 0 Å². The molecule has 94 valence electrons. The summed E-state index contributed by atoms with van der Waals surface area (Å²) < 4.78 is 0. The highest BCUT2D eigenvalue weighted by Gasteiger charge is 2.49. The first-order valence-electron chi connectivity index (χ1n) is 6.61. The minimum absolute atomic E-state index is 0.169. The molecule has 2 fully saturated rings. The van der Waals surface area contributed by atoms with E-state index in [1.807, 2.05) is 18.2 Å². The molecule has 2 saturated heterocycles. The highest BCUT2D eigenvalue weighted by Crippen LogP contribution is 2.43. The van der Waals surface area contributed by atoms with Crippen molar-refractivity contribution in [2.75, 3.05) is 24.5 Å². The molecule has 2 unspecified atom stereocenters. The Kier molecular flexibility index (Phi) is 2.57. The van der Waals surface area contributed by atoms with Gasteiger partial charge in [-0.25, -0.2) is 0 Å². The van der Waals surface area contributed by atoms with E-state index in [1.165, 1.54) is 5.69 Å². The van der Waals surface area contributed by atoms with Gasteiger partial charge in [0.1, 0.15) is 0 Å². The average molecular weight is 241 g/mol. The molecule has 0 spiro atoms. The monoisotopic (exact) mass is 241 g/mol. The van der Waals surface area contributed by atoms with Gasteiger partial charge in [0.15, 0.2) is 0 Å². The van der Waals surface area contributed by atoms with Crippen molar-refractivity contribution in [3.05, 3.63) is 29.8 Å². The standard InChI is InChI=1S/C15H19N3/c1-15(2)14-9-17-8-12(14)10-18(15)13-5-3-4-11(6-13)7-16/h3-6,12,14,17H,8-10H2,1-2H3. The molecule has 0 saturated carbocycles. The second-order valence-corrected chi connectivity index (χ2v) is 5.95. The zero-order valence-electron chi connectivity index (χ0n) is 11.0. The lowest BCUT2D eigenvalue weighted by Gasteiger charge is -2.37. The van der Waals surface area contributed by atoms with Crippen molar-refractivity contribution in [1.82, 2.24) is 5.32 Å². The van der Waals surface area contributed by atoms with Crippen molar-refractivity contribution in [2.24, 2.45) is 11.8 Å².